The Morgan fingerprint density at radius 1 is 1.41 bits per heavy atom. The van der Waals surface area contributed by atoms with Crippen LogP contribution in [-0.2, 0) is 24.3 Å². The van der Waals surface area contributed by atoms with Crippen LogP contribution in [0.4, 0.5) is 0 Å². The third-order valence-electron chi connectivity index (χ3n) is 3.26. The molecule has 0 fully saturated rings. The molecule has 0 aromatic carbocycles. The molecule has 0 radical (unpaired) electrons. The number of thiazole rings is 1. The number of pyridine rings is 1. The lowest BCUT2D eigenvalue weighted by Gasteiger charge is -2.15. The minimum atomic E-state index is 0.0179. The third-order valence-corrected chi connectivity index (χ3v) is 4.56. The predicted molar refractivity (Wildman–Crippen MR) is 88.6 cm³/mol. The summed E-state index contributed by atoms with van der Waals surface area (Å²) in [5.41, 5.74) is 1.98. The van der Waals surface area contributed by atoms with E-state index in [0.717, 1.165) is 27.7 Å². The van der Waals surface area contributed by atoms with Crippen LogP contribution in [0.5, 0.6) is 0 Å². The van der Waals surface area contributed by atoms with Gasteiger partial charge in [-0.1, -0.05) is 13.0 Å². The van der Waals surface area contributed by atoms with Gasteiger partial charge in [0.05, 0.1) is 29.5 Å². The van der Waals surface area contributed by atoms with E-state index in [1.807, 2.05) is 37.1 Å². The highest BCUT2D eigenvalue weighted by atomic mass is 32.1. The molecule has 2 aromatic heterocycles. The fourth-order valence-electron chi connectivity index (χ4n) is 2.11. The molecule has 0 aliphatic rings. The van der Waals surface area contributed by atoms with E-state index >= 15 is 0 Å². The highest BCUT2D eigenvalue weighted by Gasteiger charge is 2.10. The average Bonchev–Trinajstić information content (AvgIpc) is 2.86. The summed E-state index contributed by atoms with van der Waals surface area (Å²) in [4.78, 5) is 23.8. The van der Waals surface area contributed by atoms with Gasteiger partial charge in [-0.25, -0.2) is 4.98 Å². The molecule has 0 atom stereocenters. The van der Waals surface area contributed by atoms with Gasteiger partial charge in [0, 0.05) is 17.6 Å². The van der Waals surface area contributed by atoms with Crippen LogP contribution in [-0.4, -0.2) is 34.4 Å². The maximum absolute atomic E-state index is 12.0. The molecule has 0 saturated carbocycles. The van der Waals surface area contributed by atoms with E-state index in [1.54, 1.807) is 17.5 Å². The van der Waals surface area contributed by atoms with Gasteiger partial charge in [0.1, 0.15) is 0 Å². The summed E-state index contributed by atoms with van der Waals surface area (Å²) in [6.45, 7) is 5.65. The SMILES string of the molecule is CCc1nc(C)c(CNC(=O)CN(C)Cc2ccccn2)s1. The van der Waals surface area contributed by atoms with Gasteiger partial charge in [-0.05, 0) is 32.5 Å². The van der Waals surface area contributed by atoms with Gasteiger partial charge < -0.3 is 5.32 Å². The molecule has 5 nitrogen and oxygen atoms in total. The van der Waals surface area contributed by atoms with Crippen LogP contribution in [0.2, 0.25) is 0 Å². The zero-order valence-corrected chi connectivity index (χ0v) is 14.1. The average molecular weight is 318 g/mol. The Balaban J connectivity index is 1.78. The monoisotopic (exact) mass is 318 g/mol. The lowest BCUT2D eigenvalue weighted by atomic mass is 10.3. The second-order valence-electron chi connectivity index (χ2n) is 5.24. The minimum absolute atomic E-state index is 0.0179. The summed E-state index contributed by atoms with van der Waals surface area (Å²) in [7, 11) is 1.92. The highest BCUT2D eigenvalue weighted by Crippen LogP contribution is 2.18. The number of hydrogen-bond donors (Lipinski definition) is 1. The Kier molecular flexibility index (Phi) is 6.03. The van der Waals surface area contributed by atoms with E-state index in [-0.39, 0.29) is 5.91 Å². The number of aromatic nitrogens is 2. The van der Waals surface area contributed by atoms with Gasteiger partial charge in [-0.3, -0.25) is 14.7 Å². The van der Waals surface area contributed by atoms with E-state index < -0.39 is 0 Å². The van der Waals surface area contributed by atoms with Gasteiger partial charge in [-0.2, -0.15) is 0 Å². The Labute approximate surface area is 135 Å². The van der Waals surface area contributed by atoms with Gasteiger partial charge in [0.25, 0.3) is 0 Å². The van der Waals surface area contributed by atoms with Crippen molar-refractivity contribution in [2.24, 2.45) is 0 Å². The van der Waals surface area contributed by atoms with Crippen LogP contribution < -0.4 is 5.32 Å². The van der Waals surface area contributed by atoms with Crippen LogP contribution >= 0.6 is 11.3 Å². The first-order valence-corrected chi connectivity index (χ1v) is 8.20. The molecule has 2 aromatic rings. The number of amides is 1. The van der Waals surface area contributed by atoms with Crippen molar-refractivity contribution in [2.75, 3.05) is 13.6 Å². The quantitative estimate of drug-likeness (QED) is 0.850. The normalized spacial score (nSPS) is 10.9. The summed E-state index contributed by atoms with van der Waals surface area (Å²) in [6, 6.07) is 5.80. The number of nitrogens with zero attached hydrogens (tertiary/aromatic N) is 3. The van der Waals surface area contributed by atoms with E-state index in [2.05, 4.69) is 22.2 Å². The molecular weight excluding hydrogens is 296 g/mol. The number of carbonyl (C=O) groups excluding carboxylic acids is 1. The molecule has 2 rings (SSSR count). The Bertz CT molecular complexity index is 612. The Morgan fingerprint density at radius 2 is 2.23 bits per heavy atom. The second-order valence-corrected chi connectivity index (χ2v) is 6.41. The van der Waals surface area contributed by atoms with Gasteiger partial charge in [-0.15, -0.1) is 11.3 Å². The second kappa shape index (κ2) is 8.00. The number of likely N-dealkylation sites (N-methyl/N-ethyl adjacent to an activating group) is 1. The molecule has 0 bridgehead atoms. The van der Waals surface area contributed by atoms with Crippen molar-refractivity contribution >= 4 is 17.2 Å². The van der Waals surface area contributed by atoms with Crippen molar-refractivity contribution in [1.29, 1.82) is 0 Å². The van der Waals surface area contributed by atoms with Gasteiger partial charge in [0.15, 0.2) is 0 Å². The molecule has 118 valence electrons. The van der Waals surface area contributed by atoms with Crippen molar-refractivity contribution in [2.45, 2.75) is 33.4 Å². The van der Waals surface area contributed by atoms with E-state index in [0.29, 0.717) is 19.6 Å². The smallest absolute Gasteiger partial charge is 0.234 e. The largest absolute Gasteiger partial charge is 0.350 e. The standard InChI is InChI=1S/C16H22N4OS/c1-4-16-19-12(2)14(22-16)9-18-15(21)11-20(3)10-13-7-5-6-8-17-13/h5-8H,4,9-11H2,1-3H3,(H,18,21). The number of hydrogen-bond acceptors (Lipinski definition) is 5. The van der Waals surface area contributed by atoms with E-state index in [1.165, 1.54) is 0 Å². The summed E-state index contributed by atoms with van der Waals surface area (Å²) < 4.78 is 0. The molecule has 2 heterocycles. The first-order chi connectivity index (χ1) is 10.6. The lowest BCUT2D eigenvalue weighted by molar-refractivity contribution is -0.122. The number of rotatable bonds is 7. The molecule has 0 spiro atoms. The molecular formula is C16H22N4OS. The van der Waals surface area contributed by atoms with E-state index in [4.69, 9.17) is 0 Å². The van der Waals surface area contributed by atoms with Crippen molar-refractivity contribution in [1.82, 2.24) is 20.2 Å². The molecule has 0 unspecified atom stereocenters. The van der Waals surface area contributed by atoms with Gasteiger partial charge in [0.2, 0.25) is 5.91 Å². The van der Waals surface area contributed by atoms with Crippen molar-refractivity contribution < 1.29 is 4.79 Å². The molecule has 1 N–H and O–H groups in total. The summed E-state index contributed by atoms with van der Waals surface area (Å²) in [5, 5.41) is 4.08. The molecule has 0 saturated heterocycles. The van der Waals surface area contributed by atoms with Crippen molar-refractivity contribution in [3.8, 4) is 0 Å². The number of nitrogens with one attached hydrogen (secondary N) is 1. The number of aryl methyl sites for hydroxylation is 2. The number of carbonyl (C=O) groups is 1. The van der Waals surface area contributed by atoms with Crippen LogP contribution in [0.3, 0.4) is 0 Å². The summed E-state index contributed by atoms with van der Waals surface area (Å²) in [5.74, 6) is 0.0179. The van der Waals surface area contributed by atoms with Crippen LogP contribution in [0.1, 0.15) is 28.2 Å². The highest BCUT2D eigenvalue weighted by molar-refractivity contribution is 7.11. The summed E-state index contributed by atoms with van der Waals surface area (Å²) >= 11 is 1.67. The first-order valence-electron chi connectivity index (χ1n) is 7.38. The van der Waals surface area contributed by atoms with Crippen LogP contribution in [0, 0.1) is 6.92 Å². The Morgan fingerprint density at radius 3 is 2.86 bits per heavy atom. The molecule has 22 heavy (non-hydrogen) atoms. The molecule has 6 heteroatoms. The minimum Gasteiger partial charge on any atom is -0.350 e. The predicted octanol–water partition coefficient (Wildman–Crippen LogP) is 2.16. The zero-order chi connectivity index (χ0) is 15.9. The van der Waals surface area contributed by atoms with Crippen molar-refractivity contribution in [3.63, 3.8) is 0 Å². The van der Waals surface area contributed by atoms with Crippen LogP contribution in [0.25, 0.3) is 0 Å². The Hall–Kier alpha value is -1.79. The fourth-order valence-corrected chi connectivity index (χ4v) is 3.06. The van der Waals surface area contributed by atoms with Crippen molar-refractivity contribution in [3.05, 3.63) is 45.7 Å². The summed E-state index contributed by atoms with van der Waals surface area (Å²) in [6.07, 6.45) is 2.70. The zero-order valence-electron chi connectivity index (χ0n) is 13.3. The molecule has 1 amide bonds. The maximum Gasteiger partial charge on any atom is 0.234 e. The van der Waals surface area contributed by atoms with E-state index in [9.17, 15) is 4.79 Å². The maximum atomic E-state index is 12.0. The topological polar surface area (TPSA) is 58.1 Å². The molecule has 0 aliphatic carbocycles. The molecule has 0 aliphatic heterocycles. The fraction of sp³-hybridized carbons (Fsp3) is 0.438. The van der Waals surface area contributed by atoms with Crippen LogP contribution in [0.15, 0.2) is 24.4 Å². The third kappa shape index (κ3) is 4.89. The lowest BCUT2D eigenvalue weighted by Crippen LogP contribution is -2.34. The van der Waals surface area contributed by atoms with Gasteiger partial charge >= 0.3 is 0 Å². The first kappa shape index (κ1) is 16.6.